The molecular formula is C25H25NO5. The largest absolute Gasteiger partial charge is 0.490 e. The summed E-state index contributed by atoms with van der Waals surface area (Å²) in [7, 11) is 0. The summed E-state index contributed by atoms with van der Waals surface area (Å²) in [5, 5.41) is 9.53. The summed E-state index contributed by atoms with van der Waals surface area (Å²) < 4.78 is 17.5. The first-order valence-corrected chi connectivity index (χ1v) is 10.3. The van der Waals surface area contributed by atoms with Crippen molar-refractivity contribution < 1.29 is 24.1 Å². The van der Waals surface area contributed by atoms with Gasteiger partial charge < -0.3 is 24.2 Å². The van der Waals surface area contributed by atoms with Crippen LogP contribution in [0.15, 0.2) is 78.9 Å². The van der Waals surface area contributed by atoms with Gasteiger partial charge in [0.05, 0.1) is 12.2 Å². The normalized spacial score (nSPS) is 14.7. The van der Waals surface area contributed by atoms with Gasteiger partial charge in [-0.05, 0) is 48.9 Å². The summed E-state index contributed by atoms with van der Waals surface area (Å²) in [4.78, 5) is 13.8. The van der Waals surface area contributed by atoms with Crippen molar-refractivity contribution in [2.75, 3.05) is 18.1 Å². The predicted octanol–water partition coefficient (Wildman–Crippen LogP) is 4.39. The van der Waals surface area contributed by atoms with E-state index in [0.29, 0.717) is 12.4 Å². The fourth-order valence-electron chi connectivity index (χ4n) is 3.59. The fraction of sp³-hybridized carbons (Fsp3) is 0.240. The van der Waals surface area contributed by atoms with Crippen molar-refractivity contribution in [3.8, 4) is 17.2 Å². The van der Waals surface area contributed by atoms with Crippen LogP contribution >= 0.6 is 0 Å². The van der Waals surface area contributed by atoms with E-state index in [1.165, 1.54) is 0 Å². The van der Waals surface area contributed by atoms with Crippen LogP contribution in [0.5, 0.6) is 17.2 Å². The van der Waals surface area contributed by atoms with Crippen LogP contribution in [0.25, 0.3) is 0 Å². The molecule has 2 unspecified atom stereocenters. The number of hydrogen-bond donors (Lipinski definition) is 1. The summed E-state index contributed by atoms with van der Waals surface area (Å²) in [5.74, 6) is 1.12. The number of benzene rings is 3. The van der Waals surface area contributed by atoms with E-state index in [1.807, 2.05) is 73.7 Å². The van der Waals surface area contributed by atoms with Crippen LogP contribution in [0.1, 0.15) is 12.5 Å². The summed E-state index contributed by atoms with van der Waals surface area (Å²) in [6, 6.07) is 24.4. The number of rotatable bonds is 8. The minimum Gasteiger partial charge on any atom is -0.490 e. The summed E-state index contributed by atoms with van der Waals surface area (Å²) >= 11 is 0. The number of carboxylic acid groups (broad SMARTS) is 1. The van der Waals surface area contributed by atoms with Crippen molar-refractivity contribution in [2.24, 2.45) is 0 Å². The number of fused-ring (bicyclic) bond motifs is 1. The molecule has 160 valence electrons. The molecule has 2 atom stereocenters. The molecule has 0 bridgehead atoms. The molecule has 1 N–H and O–H groups in total. The predicted molar refractivity (Wildman–Crippen MR) is 118 cm³/mol. The standard InChI is InChI=1S/C25H25NO5/c1-18(26-15-16-29-23-10-6-5-9-22(23)26)30-21-13-11-19(12-14-21)17-24(25(27)28)31-20-7-3-2-4-8-20/h2-14,18,24H,15-17H2,1H3,(H,27,28). The van der Waals surface area contributed by atoms with Crippen LogP contribution in [0.4, 0.5) is 5.69 Å². The quantitative estimate of drug-likeness (QED) is 0.584. The zero-order chi connectivity index (χ0) is 21.6. The fourth-order valence-corrected chi connectivity index (χ4v) is 3.59. The first kappa shape index (κ1) is 20.6. The average Bonchev–Trinajstić information content (AvgIpc) is 2.80. The van der Waals surface area contributed by atoms with Gasteiger partial charge in [0.2, 0.25) is 0 Å². The number of anilines is 1. The van der Waals surface area contributed by atoms with Gasteiger partial charge in [-0.15, -0.1) is 0 Å². The van der Waals surface area contributed by atoms with Gasteiger partial charge in [-0.2, -0.15) is 0 Å². The van der Waals surface area contributed by atoms with Gasteiger partial charge in [0.15, 0.2) is 12.3 Å². The van der Waals surface area contributed by atoms with Crippen LogP contribution in [0.3, 0.4) is 0 Å². The number of para-hydroxylation sites is 3. The van der Waals surface area contributed by atoms with Gasteiger partial charge in [0.1, 0.15) is 23.9 Å². The lowest BCUT2D eigenvalue weighted by atomic mass is 10.1. The lowest BCUT2D eigenvalue weighted by molar-refractivity contribution is -0.145. The van der Waals surface area contributed by atoms with Gasteiger partial charge in [-0.3, -0.25) is 0 Å². The van der Waals surface area contributed by atoms with E-state index in [2.05, 4.69) is 4.90 Å². The molecule has 0 fully saturated rings. The minimum absolute atomic E-state index is 0.177. The highest BCUT2D eigenvalue weighted by Crippen LogP contribution is 2.32. The van der Waals surface area contributed by atoms with Crippen LogP contribution < -0.4 is 19.1 Å². The highest BCUT2D eigenvalue weighted by atomic mass is 16.5. The topological polar surface area (TPSA) is 68.2 Å². The third-order valence-electron chi connectivity index (χ3n) is 5.15. The zero-order valence-corrected chi connectivity index (χ0v) is 17.3. The molecule has 0 amide bonds. The lowest BCUT2D eigenvalue weighted by Crippen LogP contribution is -2.42. The molecular weight excluding hydrogens is 394 g/mol. The Morgan fingerprint density at radius 2 is 1.65 bits per heavy atom. The van der Waals surface area contributed by atoms with Gasteiger partial charge in [0, 0.05) is 6.42 Å². The van der Waals surface area contributed by atoms with Gasteiger partial charge in [0.25, 0.3) is 0 Å². The molecule has 1 heterocycles. The van der Waals surface area contributed by atoms with E-state index in [9.17, 15) is 9.90 Å². The molecule has 1 aliphatic heterocycles. The first-order valence-electron chi connectivity index (χ1n) is 10.3. The molecule has 0 saturated carbocycles. The highest BCUT2D eigenvalue weighted by molar-refractivity contribution is 5.73. The van der Waals surface area contributed by atoms with E-state index < -0.39 is 12.1 Å². The summed E-state index contributed by atoms with van der Waals surface area (Å²) in [6.07, 6.45) is -0.876. The molecule has 4 rings (SSSR count). The Hall–Kier alpha value is -3.67. The Bertz CT molecular complexity index is 1010. The van der Waals surface area contributed by atoms with E-state index in [1.54, 1.807) is 12.1 Å². The Balaban J connectivity index is 1.39. The van der Waals surface area contributed by atoms with Crippen molar-refractivity contribution in [3.63, 3.8) is 0 Å². The van der Waals surface area contributed by atoms with Crippen molar-refractivity contribution in [1.82, 2.24) is 0 Å². The van der Waals surface area contributed by atoms with Crippen molar-refractivity contribution in [2.45, 2.75) is 25.7 Å². The highest BCUT2D eigenvalue weighted by Gasteiger charge is 2.23. The first-order chi connectivity index (χ1) is 15.1. The molecule has 1 aliphatic rings. The second kappa shape index (κ2) is 9.43. The smallest absolute Gasteiger partial charge is 0.345 e. The molecule has 6 nitrogen and oxygen atoms in total. The molecule has 0 radical (unpaired) electrons. The van der Waals surface area contributed by atoms with Gasteiger partial charge in [-0.25, -0.2) is 4.79 Å². The van der Waals surface area contributed by atoms with Crippen molar-refractivity contribution in [3.05, 3.63) is 84.4 Å². The van der Waals surface area contributed by atoms with E-state index in [4.69, 9.17) is 14.2 Å². The van der Waals surface area contributed by atoms with Crippen LogP contribution in [0.2, 0.25) is 0 Å². The van der Waals surface area contributed by atoms with Crippen LogP contribution in [-0.2, 0) is 11.2 Å². The number of aliphatic carboxylic acids is 1. The number of ether oxygens (including phenoxy) is 3. The monoisotopic (exact) mass is 419 g/mol. The lowest BCUT2D eigenvalue weighted by Gasteiger charge is -2.35. The van der Waals surface area contributed by atoms with E-state index in [0.717, 1.165) is 29.3 Å². The minimum atomic E-state index is -0.996. The molecule has 0 aliphatic carbocycles. The van der Waals surface area contributed by atoms with Crippen molar-refractivity contribution in [1.29, 1.82) is 0 Å². The third kappa shape index (κ3) is 5.09. The SMILES string of the molecule is CC(Oc1ccc(CC(Oc2ccccc2)C(=O)O)cc1)N1CCOc2ccccc21. The third-order valence-corrected chi connectivity index (χ3v) is 5.15. The number of hydrogen-bond acceptors (Lipinski definition) is 5. The maximum Gasteiger partial charge on any atom is 0.345 e. The Labute approximate surface area is 181 Å². The molecule has 0 aromatic heterocycles. The Morgan fingerprint density at radius 3 is 2.39 bits per heavy atom. The molecule has 3 aromatic carbocycles. The summed E-state index contributed by atoms with van der Waals surface area (Å²) in [5.41, 5.74) is 1.88. The van der Waals surface area contributed by atoms with Crippen molar-refractivity contribution >= 4 is 11.7 Å². The number of carbonyl (C=O) groups is 1. The zero-order valence-electron chi connectivity index (χ0n) is 17.3. The molecule has 31 heavy (non-hydrogen) atoms. The Kier molecular flexibility index (Phi) is 6.26. The van der Waals surface area contributed by atoms with E-state index in [-0.39, 0.29) is 12.6 Å². The second-order valence-corrected chi connectivity index (χ2v) is 7.33. The van der Waals surface area contributed by atoms with Gasteiger partial charge in [-0.1, -0.05) is 42.5 Å². The van der Waals surface area contributed by atoms with Crippen LogP contribution in [-0.4, -0.2) is 36.6 Å². The second-order valence-electron chi connectivity index (χ2n) is 7.33. The molecule has 6 heteroatoms. The van der Waals surface area contributed by atoms with Crippen LogP contribution in [0, 0.1) is 0 Å². The number of carboxylic acids is 1. The molecule has 3 aromatic rings. The maximum atomic E-state index is 11.6. The van der Waals surface area contributed by atoms with E-state index >= 15 is 0 Å². The Morgan fingerprint density at radius 1 is 0.968 bits per heavy atom. The summed E-state index contributed by atoms with van der Waals surface area (Å²) in [6.45, 7) is 3.36. The average molecular weight is 419 g/mol. The number of nitrogens with zero attached hydrogens (tertiary/aromatic N) is 1. The molecule has 0 spiro atoms. The molecule has 0 saturated heterocycles. The van der Waals surface area contributed by atoms with Gasteiger partial charge >= 0.3 is 5.97 Å². The maximum absolute atomic E-state index is 11.6.